The van der Waals surface area contributed by atoms with Crippen LogP contribution in [0.1, 0.15) is 11.1 Å². The van der Waals surface area contributed by atoms with Gasteiger partial charge in [-0.05, 0) is 101 Å². The number of urea groups is 4. The lowest BCUT2D eigenvalue weighted by molar-refractivity contribution is 0.255. The van der Waals surface area contributed by atoms with Crippen LogP contribution in [0.25, 0.3) is 21.5 Å². The molecule has 8 rings (SSSR count). The zero-order chi connectivity index (χ0) is 47.0. The van der Waals surface area contributed by atoms with Crippen molar-refractivity contribution in [3.8, 4) is 0 Å². The topological polar surface area (TPSA) is 233 Å². The molecule has 8 amide bonds. The molecule has 0 bridgehead atoms. The summed E-state index contributed by atoms with van der Waals surface area (Å²) in [7, 11) is -8.67. The van der Waals surface area contributed by atoms with E-state index in [0.717, 1.165) is 32.7 Å². The number of carbonyl (C=O) groups excluding carboxylic acids is 4. The standard InChI is InChI=1S/C49H40N8O8S2/c58-46(54-44-19-5-11-34-9-1-3-17-42(34)44)52-38-13-7-15-40(30-38)66(62,63)56-48(60)50-36-25-21-32(22-26-36)29-33-23-27-37(28-24-33)51-49(61)57-67(64,65)41-16-8-14-39(31-41)53-47(59)55-45-20-6-12-35-10-2-4-18-43(35)45/h1-28,30-31H,29H2,(H2,50,56,60)(H2,51,57,61)(H2,52,54,58)(H2,53,55,59). The Hall–Kier alpha value is -8.74. The number of nitrogens with one attached hydrogen (secondary N) is 8. The van der Waals surface area contributed by atoms with Gasteiger partial charge in [0, 0.05) is 33.5 Å². The zero-order valence-corrected chi connectivity index (χ0v) is 36.7. The van der Waals surface area contributed by atoms with Gasteiger partial charge in [0.2, 0.25) is 0 Å². The van der Waals surface area contributed by atoms with Gasteiger partial charge in [0.15, 0.2) is 0 Å². The highest BCUT2D eigenvalue weighted by molar-refractivity contribution is 7.90. The molecule has 0 radical (unpaired) electrons. The Kier molecular flexibility index (Phi) is 13.1. The summed E-state index contributed by atoms with van der Waals surface area (Å²) in [6.45, 7) is 0. The molecule has 0 aromatic heterocycles. The van der Waals surface area contributed by atoms with Crippen LogP contribution in [-0.4, -0.2) is 41.0 Å². The fraction of sp³-hybridized carbons (Fsp3) is 0.0204. The largest absolute Gasteiger partial charge is 0.333 e. The quantitative estimate of drug-likeness (QED) is 0.0586. The molecule has 8 aromatic carbocycles. The first-order valence-electron chi connectivity index (χ1n) is 20.4. The lowest BCUT2D eigenvalue weighted by atomic mass is 10.0. The van der Waals surface area contributed by atoms with Crippen LogP contribution in [0.3, 0.4) is 0 Å². The summed E-state index contributed by atoms with van der Waals surface area (Å²) in [4.78, 5) is 50.7. The van der Waals surface area contributed by atoms with Crippen LogP contribution in [0.4, 0.5) is 53.3 Å². The van der Waals surface area contributed by atoms with Crippen molar-refractivity contribution in [3.63, 3.8) is 0 Å². The number of carbonyl (C=O) groups is 4. The fourth-order valence-electron chi connectivity index (χ4n) is 7.04. The maximum Gasteiger partial charge on any atom is 0.333 e. The minimum absolute atomic E-state index is 0.189. The van der Waals surface area contributed by atoms with Crippen molar-refractivity contribution in [1.82, 2.24) is 9.44 Å². The van der Waals surface area contributed by atoms with Crippen molar-refractivity contribution in [2.24, 2.45) is 0 Å². The second-order valence-electron chi connectivity index (χ2n) is 15.0. The highest BCUT2D eigenvalue weighted by atomic mass is 32.2. The summed E-state index contributed by atoms with van der Waals surface area (Å²) >= 11 is 0. The molecule has 0 aliphatic rings. The maximum atomic E-state index is 13.1. The van der Waals surface area contributed by atoms with Crippen LogP contribution in [-0.2, 0) is 26.5 Å². The molecule has 336 valence electrons. The molecule has 0 saturated carbocycles. The van der Waals surface area contributed by atoms with E-state index in [0.29, 0.717) is 29.2 Å². The number of sulfonamides is 2. The molecule has 0 saturated heterocycles. The third-order valence-corrected chi connectivity index (χ3v) is 12.8. The third kappa shape index (κ3) is 11.5. The fourth-order valence-corrected chi connectivity index (χ4v) is 8.95. The molecule has 0 unspecified atom stereocenters. The van der Waals surface area contributed by atoms with E-state index >= 15 is 0 Å². The maximum absolute atomic E-state index is 13.1. The van der Waals surface area contributed by atoms with Crippen molar-refractivity contribution in [3.05, 3.63) is 193 Å². The molecule has 8 N–H and O–H groups in total. The zero-order valence-electron chi connectivity index (χ0n) is 35.1. The second kappa shape index (κ2) is 19.6. The van der Waals surface area contributed by atoms with Crippen molar-refractivity contribution in [2.45, 2.75) is 16.2 Å². The van der Waals surface area contributed by atoms with E-state index < -0.39 is 44.2 Å². The molecule has 0 spiro atoms. The lowest BCUT2D eigenvalue weighted by Gasteiger charge is -2.12. The second-order valence-corrected chi connectivity index (χ2v) is 18.3. The number of amides is 8. The molecule has 0 atom stereocenters. The summed E-state index contributed by atoms with van der Waals surface area (Å²) in [6.07, 6.45) is 0.455. The van der Waals surface area contributed by atoms with Gasteiger partial charge in [-0.2, -0.15) is 0 Å². The van der Waals surface area contributed by atoms with E-state index in [4.69, 9.17) is 0 Å². The van der Waals surface area contributed by atoms with Gasteiger partial charge in [-0.3, -0.25) is 0 Å². The minimum atomic E-state index is -4.33. The van der Waals surface area contributed by atoms with Crippen LogP contribution in [0.15, 0.2) is 192 Å². The molecule has 16 nitrogen and oxygen atoms in total. The lowest BCUT2D eigenvalue weighted by Crippen LogP contribution is -2.34. The first-order valence-corrected chi connectivity index (χ1v) is 23.4. The summed E-state index contributed by atoms with van der Waals surface area (Å²) in [6, 6.07) is 47.2. The van der Waals surface area contributed by atoms with Crippen molar-refractivity contribution >= 4 is 99.8 Å². The molecule has 0 aliphatic heterocycles. The molecule has 67 heavy (non-hydrogen) atoms. The Labute approximate surface area is 384 Å². The van der Waals surface area contributed by atoms with E-state index in [1.165, 1.54) is 48.5 Å². The van der Waals surface area contributed by atoms with Gasteiger partial charge < -0.3 is 31.9 Å². The average molecular weight is 933 g/mol. The van der Waals surface area contributed by atoms with Crippen LogP contribution < -0.4 is 41.3 Å². The first-order chi connectivity index (χ1) is 32.3. The molecule has 0 aliphatic carbocycles. The van der Waals surface area contributed by atoms with E-state index in [-0.39, 0.29) is 21.2 Å². The van der Waals surface area contributed by atoms with E-state index in [1.807, 2.05) is 82.2 Å². The molecule has 0 heterocycles. The molecular weight excluding hydrogens is 893 g/mol. The SMILES string of the molecule is O=C(Nc1cccc(S(=O)(=O)NC(=O)Nc2ccc(Cc3ccc(NC(=O)NS(=O)(=O)c4cccc(NC(=O)Nc5cccc6ccccc56)c4)cc3)cc2)c1)Nc1cccc2ccccc12. The van der Waals surface area contributed by atoms with E-state index in [1.54, 1.807) is 60.7 Å². The average Bonchev–Trinajstić information content (AvgIpc) is 3.30. The molecule has 18 heteroatoms. The summed E-state index contributed by atoms with van der Waals surface area (Å²) in [5.74, 6) is 0. The number of hydrogen-bond acceptors (Lipinski definition) is 8. The normalized spacial score (nSPS) is 11.2. The van der Waals surface area contributed by atoms with Crippen molar-refractivity contribution in [2.75, 3.05) is 31.9 Å². The van der Waals surface area contributed by atoms with Crippen LogP contribution >= 0.6 is 0 Å². The molecule has 8 aromatic rings. The van der Waals surface area contributed by atoms with Gasteiger partial charge in [0.05, 0.1) is 21.2 Å². The highest BCUT2D eigenvalue weighted by Gasteiger charge is 2.21. The number of fused-ring (bicyclic) bond motifs is 2. The number of rotatable bonds is 12. The monoisotopic (exact) mass is 932 g/mol. The Morgan fingerprint density at radius 1 is 0.343 bits per heavy atom. The van der Waals surface area contributed by atoms with Crippen molar-refractivity contribution < 1.29 is 36.0 Å². The van der Waals surface area contributed by atoms with Crippen LogP contribution in [0.2, 0.25) is 0 Å². The Morgan fingerprint density at radius 3 is 1.12 bits per heavy atom. The smallest absolute Gasteiger partial charge is 0.308 e. The molecular formula is C49H40N8O8S2. The number of benzene rings is 8. The number of anilines is 6. The highest BCUT2D eigenvalue weighted by Crippen LogP contribution is 2.26. The van der Waals surface area contributed by atoms with E-state index in [9.17, 15) is 36.0 Å². The predicted molar refractivity (Wildman–Crippen MR) is 260 cm³/mol. The summed E-state index contributed by atoms with van der Waals surface area (Å²) < 4.78 is 56.4. The Balaban J connectivity index is 0.794. The molecule has 0 fully saturated rings. The predicted octanol–water partition coefficient (Wildman–Crippen LogP) is 9.89. The summed E-state index contributed by atoms with van der Waals surface area (Å²) in [5, 5.41) is 19.4. The Morgan fingerprint density at radius 2 is 0.701 bits per heavy atom. The van der Waals surface area contributed by atoms with Gasteiger partial charge in [0.1, 0.15) is 0 Å². The van der Waals surface area contributed by atoms with E-state index in [2.05, 4.69) is 31.9 Å². The van der Waals surface area contributed by atoms with Gasteiger partial charge in [0.25, 0.3) is 20.0 Å². The number of hydrogen-bond donors (Lipinski definition) is 8. The first kappa shape index (κ1) is 44.9. The van der Waals surface area contributed by atoms with Crippen molar-refractivity contribution in [1.29, 1.82) is 0 Å². The van der Waals surface area contributed by atoms with Crippen LogP contribution in [0, 0.1) is 0 Å². The van der Waals surface area contributed by atoms with Gasteiger partial charge >= 0.3 is 24.1 Å². The van der Waals surface area contributed by atoms with Gasteiger partial charge in [-0.25, -0.2) is 45.5 Å². The van der Waals surface area contributed by atoms with Crippen LogP contribution in [0.5, 0.6) is 0 Å². The Bertz CT molecular complexity index is 3170. The third-order valence-electron chi connectivity index (χ3n) is 10.2. The summed E-state index contributed by atoms with van der Waals surface area (Å²) in [5.41, 5.74) is 3.87. The van der Waals surface area contributed by atoms with Gasteiger partial charge in [-0.1, -0.05) is 109 Å². The van der Waals surface area contributed by atoms with Gasteiger partial charge in [-0.15, -0.1) is 0 Å². The minimum Gasteiger partial charge on any atom is -0.308 e.